The molecule has 1 heterocycles. The third-order valence-electron chi connectivity index (χ3n) is 3.44. The van der Waals surface area contributed by atoms with E-state index < -0.39 is 10.7 Å². The summed E-state index contributed by atoms with van der Waals surface area (Å²) in [7, 11) is 0. The van der Waals surface area contributed by atoms with E-state index in [9.17, 15) is 14.5 Å². The first-order valence-electron chi connectivity index (χ1n) is 6.05. The van der Waals surface area contributed by atoms with E-state index in [0.29, 0.717) is 12.2 Å². The van der Waals surface area contributed by atoms with Gasteiger partial charge in [-0.2, -0.15) is 0 Å². The van der Waals surface area contributed by atoms with Crippen LogP contribution >= 0.6 is 15.9 Å². The molecule has 1 aromatic rings. The van der Waals surface area contributed by atoms with Crippen LogP contribution in [-0.4, -0.2) is 23.6 Å². The summed E-state index contributed by atoms with van der Waals surface area (Å²) in [5.74, 6) is -0.628. The summed E-state index contributed by atoms with van der Waals surface area (Å²) in [6.07, 6.45) is 1.54. The summed E-state index contributed by atoms with van der Waals surface area (Å²) >= 11 is 3.08. The second-order valence-corrected chi connectivity index (χ2v) is 5.69. The predicted molar refractivity (Wildman–Crippen MR) is 74.8 cm³/mol. The maximum absolute atomic E-state index is 13.5. The summed E-state index contributed by atoms with van der Waals surface area (Å²) in [5.41, 5.74) is 6.12. The highest BCUT2D eigenvalue weighted by Gasteiger charge is 2.29. The molecule has 1 saturated heterocycles. The van der Waals surface area contributed by atoms with E-state index in [1.54, 1.807) is 0 Å². The third kappa shape index (κ3) is 2.87. The van der Waals surface area contributed by atoms with Crippen LogP contribution in [0.15, 0.2) is 16.6 Å². The highest BCUT2D eigenvalue weighted by molar-refractivity contribution is 9.10. The molecule has 1 aliphatic heterocycles. The summed E-state index contributed by atoms with van der Waals surface area (Å²) < 4.78 is 13.7. The van der Waals surface area contributed by atoms with Crippen molar-refractivity contribution in [3.05, 3.63) is 32.5 Å². The van der Waals surface area contributed by atoms with Gasteiger partial charge in [-0.05, 0) is 41.8 Å². The zero-order valence-corrected chi connectivity index (χ0v) is 12.1. The van der Waals surface area contributed by atoms with Crippen molar-refractivity contribution in [3.8, 4) is 0 Å². The van der Waals surface area contributed by atoms with Crippen LogP contribution in [0.2, 0.25) is 0 Å². The van der Waals surface area contributed by atoms with Gasteiger partial charge in [-0.15, -0.1) is 0 Å². The lowest BCUT2D eigenvalue weighted by Gasteiger charge is -2.37. The topological polar surface area (TPSA) is 72.4 Å². The molecule has 2 unspecified atom stereocenters. The smallest absolute Gasteiger partial charge is 0.295 e. The maximum Gasteiger partial charge on any atom is 0.295 e. The largest absolute Gasteiger partial charge is 0.363 e. The molecule has 1 aromatic carbocycles. The molecule has 1 aliphatic rings. The minimum atomic E-state index is -0.628. The van der Waals surface area contributed by atoms with E-state index in [2.05, 4.69) is 15.9 Å². The maximum atomic E-state index is 13.5. The molecule has 0 spiro atoms. The van der Waals surface area contributed by atoms with E-state index in [4.69, 9.17) is 5.73 Å². The normalized spacial score (nSPS) is 23.5. The molecule has 104 valence electrons. The fourth-order valence-electron chi connectivity index (χ4n) is 2.47. The Hall–Kier alpha value is -1.21. The van der Waals surface area contributed by atoms with Crippen molar-refractivity contribution in [3.63, 3.8) is 0 Å². The predicted octanol–water partition coefficient (Wildman–Crippen LogP) is 2.81. The van der Waals surface area contributed by atoms with Gasteiger partial charge < -0.3 is 10.6 Å². The van der Waals surface area contributed by atoms with Crippen molar-refractivity contribution in [1.82, 2.24) is 0 Å². The molecule has 0 aromatic heterocycles. The Bertz CT molecular complexity index is 512. The molecular weight excluding hydrogens is 317 g/mol. The molecular formula is C12H15BrFN3O2. The first-order valence-corrected chi connectivity index (χ1v) is 6.85. The van der Waals surface area contributed by atoms with Gasteiger partial charge in [-0.1, -0.05) is 0 Å². The number of nitro benzene ring substituents is 1. The van der Waals surface area contributed by atoms with Gasteiger partial charge in [0.2, 0.25) is 0 Å². The van der Waals surface area contributed by atoms with Crippen LogP contribution in [0.3, 0.4) is 0 Å². The number of nitrogens with zero attached hydrogens (tertiary/aromatic N) is 2. The van der Waals surface area contributed by atoms with Crippen molar-refractivity contribution < 1.29 is 9.31 Å². The Morgan fingerprint density at radius 1 is 1.58 bits per heavy atom. The minimum absolute atomic E-state index is 0.0970. The van der Waals surface area contributed by atoms with Gasteiger partial charge in [0.15, 0.2) is 0 Å². The van der Waals surface area contributed by atoms with E-state index in [1.807, 2.05) is 11.8 Å². The van der Waals surface area contributed by atoms with Crippen LogP contribution in [0, 0.1) is 15.9 Å². The van der Waals surface area contributed by atoms with E-state index in [0.717, 1.165) is 18.9 Å². The number of hydrogen-bond acceptors (Lipinski definition) is 4. The summed E-state index contributed by atoms with van der Waals surface area (Å²) in [6, 6.07) is 2.65. The van der Waals surface area contributed by atoms with Crippen molar-refractivity contribution in [1.29, 1.82) is 0 Å². The number of piperidine rings is 1. The van der Waals surface area contributed by atoms with Crippen LogP contribution in [0.4, 0.5) is 15.8 Å². The summed E-state index contributed by atoms with van der Waals surface area (Å²) in [6.45, 7) is 2.61. The summed E-state index contributed by atoms with van der Waals surface area (Å²) in [5, 5.41) is 11.1. The molecule has 1 fully saturated rings. The van der Waals surface area contributed by atoms with Gasteiger partial charge in [0.1, 0.15) is 11.5 Å². The molecule has 0 amide bonds. The van der Waals surface area contributed by atoms with Crippen molar-refractivity contribution in [2.75, 3.05) is 11.4 Å². The Morgan fingerprint density at radius 3 is 2.84 bits per heavy atom. The first-order chi connectivity index (χ1) is 8.90. The SMILES string of the molecule is CC1CC(N)CCN1c1cc(Br)c(F)cc1[N+](=O)[O-]. The standard InChI is InChI=1S/C12H15BrFN3O2/c1-7-4-8(15)2-3-16(7)11-5-9(13)10(14)6-12(11)17(18)19/h5-8H,2-4,15H2,1H3. The Morgan fingerprint density at radius 2 is 2.26 bits per heavy atom. The zero-order valence-electron chi connectivity index (χ0n) is 10.5. The van der Waals surface area contributed by atoms with Gasteiger partial charge >= 0.3 is 0 Å². The number of benzene rings is 1. The Labute approximate surface area is 118 Å². The average Bonchev–Trinajstić information content (AvgIpc) is 2.32. The second kappa shape index (κ2) is 5.42. The lowest BCUT2D eigenvalue weighted by Crippen LogP contribution is -2.45. The fourth-order valence-corrected chi connectivity index (χ4v) is 2.80. The lowest BCUT2D eigenvalue weighted by molar-refractivity contribution is -0.384. The molecule has 0 radical (unpaired) electrons. The molecule has 0 aliphatic carbocycles. The molecule has 19 heavy (non-hydrogen) atoms. The van der Waals surface area contributed by atoms with E-state index >= 15 is 0 Å². The average molecular weight is 332 g/mol. The van der Waals surface area contributed by atoms with Crippen LogP contribution in [0.25, 0.3) is 0 Å². The van der Waals surface area contributed by atoms with Gasteiger partial charge in [0.25, 0.3) is 5.69 Å². The Balaban J connectivity index is 2.43. The fraction of sp³-hybridized carbons (Fsp3) is 0.500. The van der Waals surface area contributed by atoms with Crippen LogP contribution < -0.4 is 10.6 Å². The van der Waals surface area contributed by atoms with Crippen molar-refractivity contribution in [2.24, 2.45) is 5.73 Å². The molecule has 2 atom stereocenters. The van der Waals surface area contributed by atoms with E-state index in [1.165, 1.54) is 6.07 Å². The van der Waals surface area contributed by atoms with Crippen LogP contribution in [-0.2, 0) is 0 Å². The lowest BCUT2D eigenvalue weighted by atomic mass is 9.98. The number of hydrogen-bond donors (Lipinski definition) is 1. The molecule has 0 bridgehead atoms. The highest BCUT2D eigenvalue weighted by Crippen LogP contribution is 2.36. The van der Waals surface area contributed by atoms with Crippen molar-refractivity contribution >= 4 is 27.3 Å². The van der Waals surface area contributed by atoms with Gasteiger partial charge in [-0.3, -0.25) is 10.1 Å². The number of nitro groups is 1. The first kappa shape index (κ1) is 14.2. The molecule has 2 rings (SSSR count). The molecule has 7 heteroatoms. The number of rotatable bonds is 2. The molecule has 2 N–H and O–H groups in total. The minimum Gasteiger partial charge on any atom is -0.363 e. The van der Waals surface area contributed by atoms with E-state index in [-0.39, 0.29) is 22.2 Å². The third-order valence-corrected chi connectivity index (χ3v) is 4.05. The van der Waals surface area contributed by atoms with Gasteiger partial charge in [0.05, 0.1) is 15.5 Å². The highest BCUT2D eigenvalue weighted by atomic mass is 79.9. The quantitative estimate of drug-likeness (QED) is 0.668. The zero-order chi connectivity index (χ0) is 14.2. The monoisotopic (exact) mass is 331 g/mol. The number of nitrogens with two attached hydrogens (primary N) is 1. The summed E-state index contributed by atoms with van der Waals surface area (Å²) in [4.78, 5) is 12.4. The second-order valence-electron chi connectivity index (χ2n) is 4.84. The van der Waals surface area contributed by atoms with Crippen molar-refractivity contribution in [2.45, 2.75) is 31.8 Å². The number of anilines is 1. The molecule has 0 saturated carbocycles. The van der Waals surface area contributed by atoms with Crippen LogP contribution in [0.1, 0.15) is 19.8 Å². The number of halogens is 2. The van der Waals surface area contributed by atoms with Gasteiger partial charge in [0, 0.05) is 18.6 Å². The molecule has 5 nitrogen and oxygen atoms in total. The Kier molecular flexibility index (Phi) is 4.05. The van der Waals surface area contributed by atoms with Gasteiger partial charge in [-0.25, -0.2) is 4.39 Å². The van der Waals surface area contributed by atoms with Crippen LogP contribution in [0.5, 0.6) is 0 Å².